The van der Waals surface area contributed by atoms with Gasteiger partial charge in [-0.3, -0.25) is 0 Å². The highest BCUT2D eigenvalue weighted by Gasteiger charge is 2.42. The summed E-state index contributed by atoms with van der Waals surface area (Å²) in [5.41, 5.74) is 3.76. The number of hydrogen-bond donors (Lipinski definition) is 1. The second kappa shape index (κ2) is 4.14. The van der Waals surface area contributed by atoms with E-state index in [1.165, 1.54) is 16.8 Å². The molecule has 2 aliphatic heterocycles. The highest BCUT2D eigenvalue weighted by atomic mass is 16.5. The van der Waals surface area contributed by atoms with Crippen LogP contribution in [0.5, 0.6) is 0 Å². The van der Waals surface area contributed by atoms with Crippen LogP contribution in [0.1, 0.15) is 35.5 Å². The van der Waals surface area contributed by atoms with Gasteiger partial charge in [-0.05, 0) is 31.5 Å². The van der Waals surface area contributed by atoms with Gasteiger partial charge in [0, 0.05) is 23.8 Å². The number of fused-ring (bicyclic) bond motifs is 3. The molecule has 0 unspecified atom stereocenters. The molecule has 0 aliphatic carbocycles. The van der Waals surface area contributed by atoms with Crippen LogP contribution in [0.15, 0.2) is 41.0 Å². The van der Waals surface area contributed by atoms with Crippen LogP contribution in [0.3, 0.4) is 0 Å². The summed E-state index contributed by atoms with van der Waals surface area (Å²) in [6.45, 7) is 2.96. The van der Waals surface area contributed by atoms with E-state index in [1.54, 1.807) is 6.26 Å². The van der Waals surface area contributed by atoms with Gasteiger partial charge < -0.3 is 14.5 Å². The van der Waals surface area contributed by atoms with Crippen molar-refractivity contribution < 1.29 is 9.15 Å². The van der Waals surface area contributed by atoms with Crippen molar-refractivity contribution in [3.05, 3.63) is 53.5 Å². The number of nitrogens with one attached hydrogen (secondary N) is 1. The van der Waals surface area contributed by atoms with Gasteiger partial charge in [-0.25, -0.2) is 0 Å². The first kappa shape index (κ1) is 11.1. The van der Waals surface area contributed by atoms with E-state index in [2.05, 4.69) is 30.4 Å². The maximum Gasteiger partial charge on any atom is 0.126 e. The summed E-state index contributed by atoms with van der Waals surface area (Å²) in [5.74, 6) is 1.46. The lowest BCUT2D eigenvalue weighted by Gasteiger charge is -2.35. The highest BCUT2D eigenvalue weighted by molar-refractivity contribution is 5.57. The average Bonchev–Trinajstić information content (AvgIpc) is 3.09. The van der Waals surface area contributed by atoms with Gasteiger partial charge in [-0.1, -0.05) is 17.7 Å². The van der Waals surface area contributed by atoms with E-state index in [9.17, 15) is 0 Å². The number of anilines is 1. The van der Waals surface area contributed by atoms with Crippen LogP contribution in [0, 0.1) is 12.8 Å². The second-order valence-electron chi connectivity index (χ2n) is 5.47. The first-order chi connectivity index (χ1) is 9.33. The number of ether oxygens (including phenoxy) is 1. The van der Waals surface area contributed by atoms with Crippen molar-refractivity contribution in [2.24, 2.45) is 5.92 Å². The molecule has 98 valence electrons. The van der Waals surface area contributed by atoms with Crippen molar-refractivity contribution in [1.82, 2.24) is 0 Å². The number of hydrogen-bond acceptors (Lipinski definition) is 3. The molecule has 3 heterocycles. The molecule has 0 radical (unpaired) electrons. The standard InChI is InChI=1S/C16H17NO2/c1-10-4-5-13-12(9-10)16-11(6-8-19-16)15(17-13)14-3-2-7-18-14/h2-5,7,9,11,15-17H,6,8H2,1H3/t11-,15-,16-/m0/s1. The summed E-state index contributed by atoms with van der Waals surface area (Å²) < 4.78 is 11.6. The van der Waals surface area contributed by atoms with Gasteiger partial charge in [0.15, 0.2) is 0 Å². The maximum atomic E-state index is 5.98. The Morgan fingerprint density at radius 3 is 3.05 bits per heavy atom. The fourth-order valence-electron chi connectivity index (χ4n) is 3.34. The van der Waals surface area contributed by atoms with Crippen LogP contribution in [0.2, 0.25) is 0 Å². The Kier molecular flexibility index (Phi) is 2.42. The molecule has 1 aromatic heterocycles. The van der Waals surface area contributed by atoms with Crippen LogP contribution in [-0.2, 0) is 4.74 Å². The Hall–Kier alpha value is -1.74. The van der Waals surface area contributed by atoms with Crippen LogP contribution >= 0.6 is 0 Å². The Bertz CT molecular complexity index is 591. The van der Waals surface area contributed by atoms with Gasteiger partial charge in [0.2, 0.25) is 0 Å². The first-order valence-corrected chi connectivity index (χ1v) is 6.85. The first-order valence-electron chi connectivity index (χ1n) is 6.85. The lowest BCUT2D eigenvalue weighted by Crippen LogP contribution is -2.29. The average molecular weight is 255 g/mol. The Morgan fingerprint density at radius 2 is 2.21 bits per heavy atom. The molecule has 2 aliphatic rings. The van der Waals surface area contributed by atoms with E-state index >= 15 is 0 Å². The minimum Gasteiger partial charge on any atom is -0.467 e. The molecule has 19 heavy (non-hydrogen) atoms. The molecule has 3 atom stereocenters. The SMILES string of the molecule is Cc1ccc2c(c1)[C@H]1OCC[C@H]1[C@@H](c1ccco1)N2. The zero-order valence-electron chi connectivity index (χ0n) is 10.9. The fourth-order valence-corrected chi connectivity index (χ4v) is 3.34. The molecular weight excluding hydrogens is 238 g/mol. The van der Waals surface area contributed by atoms with Gasteiger partial charge in [0.1, 0.15) is 5.76 Å². The largest absolute Gasteiger partial charge is 0.467 e. The third-order valence-corrected chi connectivity index (χ3v) is 4.24. The third-order valence-electron chi connectivity index (χ3n) is 4.24. The highest BCUT2D eigenvalue weighted by Crippen LogP contribution is 2.49. The van der Waals surface area contributed by atoms with Crippen LogP contribution in [0.4, 0.5) is 5.69 Å². The normalized spacial score (nSPS) is 28.6. The van der Waals surface area contributed by atoms with Crippen molar-refractivity contribution >= 4 is 5.69 Å². The van der Waals surface area contributed by atoms with E-state index in [0.29, 0.717) is 5.92 Å². The van der Waals surface area contributed by atoms with Crippen molar-refractivity contribution in [2.45, 2.75) is 25.5 Å². The van der Waals surface area contributed by atoms with Crippen molar-refractivity contribution in [3.8, 4) is 0 Å². The Morgan fingerprint density at radius 1 is 1.26 bits per heavy atom. The van der Waals surface area contributed by atoms with Gasteiger partial charge in [-0.15, -0.1) is 0 Å². The molecule has 4 rings (SSSR count). The number of furan rings is 1. The minimum absolute atomic E-state index is 0.200. The lowest BCUT2D eigenvalue weighted by atomic mass is 9.82. The molecule has 0 spiro atoms. The lowest BCUT2D eigenvalue weighted by molar-refractivity contribution is 0.0807. The maximum absolute atomic E-state index is 5.98. The predicted octanol–water partition coefficient (Wildman–Crippen LogP) is 3.83. The molecule has 1 saturated heterocycles. The molecule has 3 nitrogen and oxygen atoms in total. The van der Waals surface area contributed by atoms with Crippen molar-refractivity contribution in [3.63, 3.8) is 0 Å². The number of aryl methyl sites for hydroxylation is 1. The fraction of sp³-hybridized carbons (Fsp3) is 0.375. The topological polar surface area (TPSA) is 34.4 Å². The smallest absolute Gasteiger partial charge is 0.126 e. The summed E-state index contributed by atoms with van der Waals surface area (Å²) in [6, 6.07) is 10.7. The molecular formula is C16H17NO2. The zero-order valence-corrected chi connectivity index (χ0v) is 10.9. The van der Waals surface area contributed by atoms with Crippen LogP contribution in [0.25, 0.3) is 0 Å². The zero-order chi connectivity index (χ0) is 12.8. The minimum atomic E-state index is 0.200. The molecule has 2 aromatic rings. The molecule has 0 amide bonds. The van der Waals surface area contributed by atoms with E-state index in [-0.39, 0.29) is 12.1 Å². The van der Waals surface area contributed by atoms with Gasteiger partial charge in [0.25, 0.3) is 0 Å². The molecule has 1 N–H and O–H groups in total. The van der Waals surface area contributed by atoms with Gasteiger partial charge >= 0.3 is 0 Å². The summed E-state index contributed by atoms with van der Waals surface area (Å²) in [4.78, 5) is 0. The van der Waals surface area contributed by atoms with Crippen LogP contribution < -0.4 is 5.32 Å². The third kappa shape index (κ3) is 1.69. The Labute approximate surface area is 112 Å². The van der Waals surface area contributed by atoms with Gasteiger partial charge in [0.05, 0.1) is 18.4 Å². The summed E-state index contributed by atoms with van der Waals surface area (Å²) in [5, 5.41) is 3.62. The molecule has 0 bridgehead atoms. The van der Waals surface area contributed by atoms with Crippen molar-refractivity contribution in [2.75, 3.05) is 11.9 Å². The van der Waals surface area contributed by atoms with E-state index in [4.69, 9.17) is 9.15 Å². The quantitative estimate of drug-likeness (QED) is 0.841. The molecule has 1 aromatic carbocycles. The molecule has 0 saturated carbocycles. The number of benzene rings is 1. The van der Waals surface area contributed by atoms with E-state index < -0.39 is 0 Å². The Balaban J connectivity index is 1.80. The summed E-state index contributed by atoms with van der Waals surface area (Å²) >= 11 is 0. The van der Waals surface area contributed by atoms with E-state index in [0.717, 1.165) is 18.8 Å². The van der Waals surface area contributed by atoms with Crippen LogP contribution in [-0.4, -0.2) is 6.61 Å². The molecule has 1 fully saturated rings. The molecule has 3 heteroatoms. The number of rotatable bonds is 1. The van der Waals surface area contributed by atoms with Gasteiger partial charge in [-0.2, -0.15) is 0 Å². The summed E-state index contributed by atoms with van der Waals surface area (Å²) in [7, 11) is 0. The van der Waals surface area contributed by atoms with Crippen molar-refractivity contribution in [1.29, 1.82) is 0 Å². The monoisotopic (exact) mass is 255 g/mol. The predicted molar refractivity (Wildman–Crippen MR) is 73.1 cm³/mol. The second-order valence-corrected chi connectivity index (χ2v) is 5.47. The summed E-state index contributed by atoms with van der Waals surface area (Å²) in [6.07, 6.45) is 3.02. The van der Waals surface area contributed by atoms with E-state index in [1.807, 2.05) is 12.1 Å².